The summed E-state index contributed by atoms with van der Waals surface area (Å²) < 4.78 is 0. The summed E-state index contributed by atoms with van der Waals surface area (Å²) in [5, 5.41) is 10.9. The van der Waals surface area contributed by atoms with Crippen LogP contribution in [0.3, 0.4) is 0 Å². The van der Waals surface area contributed by atoms with Gasteiger partial charge in [0.25, 0.3) is 5.56 Å². The summed E-state index contributed by atoms with van der Waals surface area (Å²) in [7, 11) is 0. The molecule has 0 saturated heterocycles. The molecular formula is C21H16N4O2. The first-order chi connectivity index (χ1) is 13.2. The van der Waals surface area contributed by atoms with Crippen molar-refractivity contribution in [2.24, 2.45) is 0 Å². The van der Waals surface area contributed by atoms with Crippen LogP contribution in [0.1, 0.15) is 5.56 Å². The third-order valence-electron chi connectivity index (χ3n) is 4.23. The van der Waals surface area contributed by atoms with Crippen molar-refractivity contribution in [2.75, 3.05) is 5.32 Å². The van der Waals surface area contributed by atoms with Crippen LogP contribution in [0.5, 0.6) is 0 Å². The fourth-order valence-corrected chi connectivity index (χ4v) is 2.94. The number of nitrogens with one attached hydrogen (secondary N) is 2. The van der Waals surface area contributed by atoms with Gasteiger partial charge in [-0.15, -0.1) is 0 Å². The molecule has 2 aromatic heterocycles. The standard InChI is InChI=1S/C21H16N4O2/c26-19(23-16-4-3-11-22-13-16)12-14-7-9-15(10-8-14)20-17-5-1-2-6-18(17)21(27)25-24-20/h1-11,13H,12H2,(H,23,26)(H,25,27). The number of hydrogen-bond acceptors (Lipinski definition) is 4. The molecule has 0 spiro atoms. The van der Waals surface area contributed by atoms with E-state index in [0.717, 1.165) is 16.5 Å². The number of pyridine rings is 1. The van der Waals surface area contributed by atoms with Gasteiger partial charge in [0.1, 0.15) is 0 Å². The first-order valence-corrected chi connectivity index (χ1v) is 8.47. The molecule has 0 aliphatic rings. The number of H-pyrrole nitrogens is 1. The topological polar surface area (TPSA) is 87.7 Å². The van der Waals surface area contributed by atoms with Gasteiger partial charge in [0.05, 0.1) is 29.4 Å². The van der Waals surface area contributed by atoms with Gasteiger partial charge < -0.3 is 5.32 Å². The normalized spacial score (nSPS) is 10.7. The van der Waals surface area contributed by atoms with Crippen molar-refractivity contribution < 1.29 is 4.79 Å². The Labute approximate surface area is 154 Å². The molecule has 2 heterocycles. The van der Waals surface area contributed by atoms with E-state index in [-0.39, 0.29) is 17.9 Å². The van der Waals surface area contributed by atoms with Gasteiger partial charge in [0.15, 0.2) is 0 Å². The van der Waals surface area contributed by atoms with Crippen molar-refractivity contribution >= 4 is 22.4 Å². The summed E-state index contributed by atoms with van der Waals surface area (Å²) >= 11 is 0. The summed E-state index contributed by atoms with van der Waals surface area (Å²) in [6, 6.07) is 18.5. The van der Waals surface area contributed by atoms with Crippen molar-refractivity contribution in [1.29, 1.82) is 0 Å². The predicted octanol–water partition coefficient (Wildman–Crippen LogP) is 3.17. The van der Waals surface area contributed by atoms with Gasteiger partial charge >= 0.3 is 0 Å². The Morgan fingerprint density at radius 3 is 2.48 bits per heavy atom. The highest BCUT2D eigenvalue weighted by molar-refractivity contribution is 5.94. The number of carbonyl (C=O) groups excluding carboxylic acids is 1. The van der Waals surface area contributed by atoms with Crippen LogP contribution in [0, 0.1) is 0 Å². The molecule has 0 radical (unpaired) electrons. The highest BCUT2D eigenvalue weighted by Crippen LogP contribution is 2.24. The van der Waals surface area contributed by atoms with Crippen LogP contribution < -0.4 is 10.9 Å². The van der Waals surface area contributed by atoms with Gasteiger partial charge in [-0.1, -0.05) is 42.5 Å². The summed E-state index contributed by atoms with van der Waals surface area (Å²) in [4.78, 5) is 28.1. The molecule has 6 nitrogen and oxygen atoms in total. The molecule has 0 atom stereocenters. The molecule has 6 heteroatoms. The Balaban J connectivity index is 1.55. The quantitative estimate of drug-likeness (QED) is 0.588. The van der Waals surface area contributed by atoms with Crippen molar-refractivity contribution in [3.63, 3.8) is 0 Å². The number of nitrogens with zero attached hydrogens (tertiary/aromatic N) is 2. The largest absolute Gasteiger partial charge is 0.324 e. The van der Waals surface area contributed by atoms with E-state index in [1.165, 1.54) is 0 Å². The van der Waals surface area contributed by atoms with Gasteiger partial charge in [-0.2, -0.15) is 5.10 Å². The van der Waals surface area contributed by atoms with E-state index in [0.29, 0.717) is 16.8 Å². The minimum absolute atomic E-state index is 0.108. The monoisotopic (exact) mass is 356 g/mol. The van der Waals surface area contributed by atoms with E-state index in [4.69, 9.17) is 0 Å². The lowest BCUT2D eigenvalue weighted by molar-refractivity contribution is -0.115. The second-order valence-corrected chi connectivity index (χ2v) is 6.11. The van der Waals surface area contributed by atoms with Crippen LogP contribution in [0.2, 0.25) is 0 Å². The van der Waals surface area contributed by atoms with Crippen LogP contribution in [-0.2, 0) is 11.2 Å². The van der Waals surface area contributed by atoms with Gasteiger partial charge in [0.2, 0.25) is 5.91 Å². The smallest absolute Gasteiger partial charge is 0.272 e. The maximum atomic E-state index is 12.2. The molecule has 2 aromatic carbocycles. The average Bonchev–Trinajstić information content (AvgIpc) is 2.70. The highest BCUT2D eigenvalue weighted by Gasteiger charge is 2.09. The zero-order chi connectivity index (χ0) is 18.6. The Kier molecular flexibility index (Phi) is 4.45. The first kappa shape index (κ1) is 16.7. The Morgan fingerprint density at radius 1 is 0.963 bits per heavy atom. The number of aromatic nitrogens is 3. The summed E-state index contributed by atoms with van der Waals surface area (Å²) in [6.07, 6.45) is 3.52. The van der Waals surface area contributed by atoms with E-state index in [9.17, 15) is 9.59 Å². The van der Waals surface area contributed by atoms with Crippen LogP contribution >= 0.6 is 0 Å². The van der Waals surface area contributed by atoms with Gasteiger partial charge in [-0.25, -0.2) is 5.10 Å². The second-order valence-electron chi connectivity index (χ2n) is 6.11. The summed E-state index contributed by atoms with van der Waals surface area (Å²) in [6.45, 7) is 0. The maximum Gasteiger partial charge on any atom is 0.272 e. The zero-order valence-electron chi connectivity index (χ0n) is 14.3. The minimum Gasteiger partial charge on any atom is -0.324 e. The molecule has 0 fully saturated rings. The molecule has 0 aliphatic carbocycles. The van der Waals surface area contributed by atoms with Crippen molar-refractivity contribution in [2.45, 2.75) is 6.42 Å². The number of hydrogen-bond donors (Lipinski definition) is 2. The number of aromatic amines is 1. The molecule has 1 amide bonds. The van der Waals surface area contributed by atoms with E-state index >= 15 is 0 Å². The molecule has 0 saturated carbocycles. The molecule has 0 aliphatic heterocycles. The second kappa shape index (κ2) is 7.21. The number of amides is 1. The van der Waals surface area contributed by atoms with E-state index in [2.05, 4.69) is 20.5 Å². The molecule has 0 bridgehead atoms. The lowest BCUT2D eigenvalue weighted by atomic mass is 10.0. The van der Waals surface area contributed by atoms with Crippen LogP contribution in [0.25, 0.3) is 22.0 Å². The SMILES string of the molecule is O=C(Cc1ccc(-c2n[nH]c(=O)c3ccccc23)cc1)Nc1cccnc1. The van der Waals surface area contributed by atoms with Crippen LogP contribution in [0.15, 0.2) is 77.9 Å². The van der Waals surface area contributed by atoms with E-state index < -0.39 is 0 Å². The number of rotatable bonds is 4. The first-order valence-electron chi connectivity index (χ1n) is 8.47. The number of fused-ring (bicyclic) bond motifs is 1. The van der Waals surface area contributed by atoms with Crippen molar-refractivity contribution in [1.82, 2.24) is 15.2 Å². The highest BCUT2D eigenvalue weighted by atomic mass is 16.1. The zero-order valence-corrected chi connectivity index (χ0v) is 14.3. The van der Waals surface area contributed by atoms with Crippen molar-refractivity contribution in [3.8, 4) is 11.3 Å². The summed E-state index contributed by atoms with van der Waals surface area (Å²) in [5.41, 5.74) is 2.92. The fourth-order valence-electron chi connectivity index (χ4n) is 2.94. The lowest BCUT2D eigenvalue weighted by Gasteiger charge is -2.07. The molecule has 4 aromatic rings. The molecule has 27 heavy (non-hydrogen) atoms. The minimum atomic E-state index is -0.210. The Hall–Kier alpha value is -3.80. The number of anilines is 1. The third-order valence-corrected chi connectivity index (χ3v) is 4.23. The van der Waals surface area contributed by atoms with Crippen molar-refractivity contribution in [3.05, 3.63) is 89.0 Å². The molecule has 0 unspecified atom stereocenters. The third kappa shape index (κ3) is 3.59. The number of benzene rings is 2. The summed E-state index contributed by atoms with van der Waals surface area (Å²) in [5.74, 6) is -0.108. The fraction of sp³-hybridized carbons (Fsp3) is 0.0476. The molecule has 2 N–H and O–H groups in total. The Morgan fingerprint density at radius 2 is 1.74 bits per heavy atom. The van der Waals surface area contributed by atoms with Gasteiger partial charge in [-0.3, -0.25) is 14.6 Å². The van der Waals surface area contributed by atoms with Crippen LogP contribution in [0.4, 0.5) is 5.69 Å². The molecule has 132 valence electrons. The average molecular weight is 356 g/mol. The molecular weight excluding hydrogens is 340 g/mol. The van der Waals surface area contributed by atoms with E-state index in [1.54, 1.807) is 30.6 Å². The lowest BCUT2D eigenvalue weighted by Crippen LogP contribution is -2.14. The Bertz CT molecular complexity index is 1150. The number of carbonyl (C=O) groups is 1. The maximum absolute atomic E-state index is 12.2. The molecule has 4 rings (SSSR count). The van der Waals surface area contributed by atoms with Gasteiger partial charge in [0, 0.05) is 17.1 Å². The van der Waals surface area contributed by atoms with Gasteiger partial charge in [-0.05, 0) is 23.8 Å². The van der Waals surface area contributed by atoms with E-state index in [1.807, 2.05) is 42.5 Å². The predicted molar refractivity (Wildman–Crippen MR) is 104 cm³/mol. The van der Waals surface area contributed by atoms with Crippen LogP contribution in [-0.4, -0.2) is 21.1 Å².